The van der Waals surface area contributed by atoms with Gasteiger partial charge in [0.1, 0.15) is 0 Å². The van der Waals surface area contributed by atoms with Gasteiger partial charge in [-0.2, -0.15) is 0 Å². The van der Waals surface area contributed by atoms with Crippen molar-refractivity contribution in [3.05, 3.63) is 32.2 Å². The van der Waals surface area contributed by atoms with Gasteiger partial charge in [0.25, 0.3) is 0 Å². The Bertz CT molecular complexity index is 905. The van der Waals surface area contributed by atoms with Crippen molar-refractivity contribution >= 4 is 34.5 Å². The molecule has 2 N–H and O–H groups in total. The molecule has 1 aliphatic carbocycles. The van der Waals surface area contributed by atoms with Crippen LogP contribution in [0.2, 0.25) is 0 Å². The number of hydrogen-bond acceptors (Lipinski definition) is 6. The Labute approximate surface area is 186 Å². The number of carbonyl (C=O) groups is 2. The molecule has 1 aliphatic rings. The smallest absolute Gasteiger partial charge is 0.226 e. The summed E-state index contributed by atoms with van der Waals surface area (Å²) in [6, 6.07) is 0.101. The van der Waals surface area contributed by atoms with Gasteiger partial charge in [-0.25, -0.2) is 9.97 Å². The summed E-state index contributed by atoms with van der Waals surface area (Å²) in [5.74, 6) is 0.0256. The Morgan fingerprint density at radius 3 is 2.10 bits per heavy atom. The van der Waals surface area contributed by atoms with Crippen molar-refractivity contribution in [1.82, 2.24) is 20.6 Å². The number of amides is 2. The summed E-state index contributed by atoms with van der Waals surface area (Å²) in [7, 11) is 0. The fourth-order valence-electron chi connectivity index (χ4n) is 4.83. The number of thiazole rings is 2. The van der Waals surface area contributed by atoms with E-state index in [9.17, 15) is 9.59 Å². The average Bonchev–Trinajstić information content (AvgIpc) is 3.19. The summed E-state index contributed by atoms with van der Waals surface area (Å²) in [6.45, 7) is 11.2. The first kappa shape index (κ1) is 22.9. The van der Waals surface area contributed by atoms with Crippen LogP contribution in [0.5, 0.6) is 0 Å². The third-order valence-electron chi connectivity index (χ3n) is 5.54. The molecule has 6 nitrogen and oxygen atoms in total. The molecule has 0 bridgehead atoms. The van der Waals surface area contributed by atoms with Gasteiger partial charge in [-0.1, -0.05) is 20.8 Å². The Kier molecular flexibility index (Phi) is 6.97. The third-order valence-corrected chi connectivity index (χ3v) is 7.18. The van der Waals surface area contributed by atoms with Crippen LogP contribution >= 0.6 is 22.7 Å². The number of aryl methyl sites for hydroxylation is 2. The molecule has 2 amide bonds. The number of hydrogen-bond donors (Lipinski definition) is 2. The van der Waals surface area contributed by atoms with Crippen LogP contribution in [-0.4, -0.2) is 34.4 Å². The van der Waals surface area contributed by atoms with Gasteiger partial charge in [0.2, 0.25) is 11.8 Å². The quantitative estimate of drug-likeness (QED) is 0.674. The zero-order chi connectivity index (χ0) is 21.9. The lowest BCUT2D eigenvalue weighted by molar-refractivity contribution is -0.123. The molecule has 3 rings (SSSR count). The van der Waals surface area contributed by atoms with Crippen LogP contribution < -0.4 is 10.6 Å². The lowest BCUT2D eigenvalue weighted by Gasteiger charge is -2.47. The maximum absolute atomic E-state index is 12.6. The zero-order valence-electron chi connectivity index (χ0n) is 18.5. The summed E-state index contributed by atoms with van der Waals surface area (Å²) in [5, 5.41) is 12.2. The molecule has 164 valence electrons. The first-order valence-electron chi connectivity index (χ1n) is 10.4. The second kappa shape index (κ2) is 9.14. The van der Waals surface area contributed by atoms with Crippen LogP contribution in [-0.2, 0) is 22.4 Å². The highest BCUT2D eigenvalue weighted by Crippen LogP contribution is 2.45. The Balaban J connectivity index is 1.55. The van der Waals surface area contributed by atoms with E-state index >= 15 is 0 Å². The number of nitrogens with zero attached hydrogens (tertiary/aromatic N) is 2. The minimum atomic E-state index is -0.0649. The monoisotopic (exact) mass is 448 g/mol. The molecule has 0 aliphatic heterocycles. The second-order valence-corrected chi connectivity index (χ2v) is 11.8. The van der Waals surface area contributed by atoms with E-state index in [2.05, 4.69) is 41.4 Å². The fourth-order valence-corrected chi connectivity index (χ4v) is 6.06. The Morgan fingerprint density at radius 1 is 1.00 bits per heavy atom. The molecule has 2 atom stereocenters. The molecule has 1 saturated carbocycles. The largest absolute Gasteiger partial charge is 0.355 e. The van der Waals surface area contributed by atoms with E-state index in [1.165, 1.54) is 0 Å². The molecule has 2 aromatic heterocycles. The minimum absolute atomic E-state index is 0.00407. The fraction of sp³-hybridized carbons (Fsp3) is 0.636. The van der Waals surface area contributed by atoms with E-state index in [1.807, 2.05) is 24.6 Å². The molecule has 0 spiro atoms. The third kappa shape index (κ3) is 6.60. The maximum Gasteiger partial charge on any atom is 0.226 e. The predicted octanol–water partition coefficient (Wildman–Crippen LogP) is 3.82. The molecule has 2 aromatic rings. The molecule has 0 unspecified atom stereocenters. The molecule has 2 heterocycles. The van der Waals surface area contributed by atoms with E-state index < -0.39 is 0 Å². The van der Waals surface area contributed by atoms with Crippen molar-refractivity contribution in [2.45, 2.75) is 72.8 Å². The summed E-state index contributed by atoms with van der Waals surface area (Å²) < 4.78 is 0. The van der Waals surface area contributed by atoms with Crippen molar-refractivity contribution in [2.24, 2.45) is 10.8 Å². The van der Waals surface area contributed by atoms with Gasteiger partial charge in [-0.3, -0.25) is 9.59 Å². The van der Waals surface area contributed by atoms with E-state index in [4.69, 9.17) is 0 Å². The van der Waals surface area contributed by atoms with Gasteiger partial charge < -0.3 is 10.6 Å². The molecule has 30 heavy (non-hydrogen) atoms. The number of carbonyl (C=O) groups excluding carboxylic acids is 2. The first-order chi connectivity index (χ1) is 14.0. The van der Waals surface area contributed by atoms with Gasteiger partial charge in [-0.15, -0.1) is 22.7 Å². The minimum Gasteiger partial charge on any atom is -0.355 e. The highest BCUT2D eigenvalue weighted by molar-refractivity contribution is 7.09. The Morgan fingerprint density at radius 2 is 1.57 bits per heavy atom. The van der Waals surface area contributed by atoms with Crippen molar-refractivity contribution in [2.75, 3.05) is 6.54 Å². The first-order valence-corrected chi connectivity index (χ1v) is 12.2. The zero-order valence-corrected chi connectivity index (χ0v) is 20.1. The van der Waals surface area contributed by atoms with Crippen molar-refractivity contribution in [3.63, 3.8) is 0 Å². The van der Waals surface area contributed by atoms with Crippen molar-refractivity contribution < 1.29 is 9.59 Å². The number of aromatic nitrogens is 2. The highest BCUT2D eigenvalue weighted by Gasteiger charge is 2.41. The maximum atomic E-state index is 12.6. The molecule has 0 radical (unpaired) electrons. The van der Waals surface area contributed by atoms with Gasteiger partial charge >= 0.3 is 0 Å². The molecule has 0 aromatic carbocycles. The topological polar surface area (TPSA) is 84.0 Å². The summed E-state index contributed by atoms with van der Waals surface area (Å²) in [5.41, 5.74) is 1.69. The van der Waals surface area contributed by atoms with Gasteiger partial charge in [-0.05, 0) is 43.9 Å². The summed E-state index contributed by atoms with van der Waals surface area (Å²) >= 11 is 3.13. The molecular formula is C22H32N4O2S2. The van der Waals surface area contributed by atoms with Crippen molar-refractivity contribution in [3.8, 4) is 0 Å². The van der Waals surface area contributed by atoms with Gasteiger partial charge in [0, 0.05) is 23.3 Å². The van der Waals surface area contributed by atoms with Crippen molar-refractivity contribution in [1.29, 1.82) is 0 Å². The molecule has 8 heteroatoms. The molecule has 0 saturated heterocycles. The standard InChI is InChI=1S/C22H32N4O2S2/c1-14-24-16(10-29-14)6-19(27)23-13-22(5)9-18(8-21(3,4)12-22)26-20(28)7-17-11-30-15(2)25-17/h10-11,18H,6-9,12-13H2,1-5H3,(H,23,27)(H,26,28)/t18-,22-/m0/s1. The average molecular weight is 449 g/mol. The van der Waals surface area contributed by atoms with Crippen LogP contribution in [0.15, 0.2) is 10.8 Å². The lowest BCUT2D eigenvalue weighted by atomic mass is 9.62. The number of nitrogens with one attached hydrogen (secondary N) is 2. The van der Waals surface area contributed by atoms with E-state index in [0.29, 0.717) is 19.4 Å². The van der Waals surface area contributed by atoms with Crippen LogP contribution in [0.1, 0.15) is 61.4 Å². The van der Waals surface area contributed by atoms with Crippen LogP contribution in [0.3, 0.4) is 0 Å². The molecular weight excluding hydrogens is 416 g/mol. The van der Waals surface area contributed by atoms with Gasteiger partial charge in [0.15, 0.2) is 0 Å². The van der Waals surface area contributed by atoms with Crippen LogP contribution in [0.25, 0.3) is 0 Å². The van der Waals surface area contributed by atoms with E-state index in [1.54, 1.807) is 22.7 Å². The number of rotatable bonds is 7. The highest BCUT2D eigenvalue weighted by atomic mass is 32.1. The normalized spacial score (nSPS) is 23.2. The van der Waals surface area contributed by atoms with E-state index in [-0.39, 0.29) is 28.7 Å². The summed E-state index contributed by atoms with van der Waals surface area (Å²) in [4.78, 5) is 33.7. The lowest BCUT2D eigenvalue weighted by Crippen LogP contribution is -2.50. The van der Waals surface area contributed by atoms with E-state index in [0.717, 1.165) is 40.7 Å². The van der Waals surface area contributed by atoms with Crippen LogP contribution in [0.4, 0.5) is 0 Å². The Hall–Kier alpha value is -1.80. The predicted molar refractivity (Wildman–Crippen MR) is 122 cm³/mol. The summed E-state index contributed by atoms with van der Waals surface area (Å²) in [6.07, 6.45) is 3.44. The second-order valence-electron chi connectivity index (χ2n) is 9.67. The SMILES string of the molecule is Cc1nc(CC(=O)NC[C@@]2(C)C[C@@H](NC(=O)Cc3csc(C)n3)CC(C)(C)C2)cs1. The molecule has 1 fully saturated rings. The van der Waals surface area contributed by atoms with Gasteiger partial charge in [0.05, 0.1) is 34.2 Å². The van der Waals surface area contributed by atoms with Crippen LogP contribution in [0, 0.1) is 24.7 Å².